The lowest BCUT2D eigenvalue weighted by atomic mass is 10.1. The Hall–Kier alpha value is -3.83. The fourth-order valence-electron chi connectivity index (χ4n) is 2.54. The van der Waals surface area contributed by atoms with E-state index in [1.165, 1.54) is 0 Å². The van der Waals surface area contributed by atoms with E-state index in [0.717, 1.165) is 41.4 Å². The second-order valence-corrected chi connectivity index (χ2v) is 5.33. The van der Waals surface area contributed by atoms with Gasteiger partial charge in [0.25, 0.3) is 0 Å². The van der Waals surface area contributed by atoms with Crippen molar-refractivity contribution in [3.05, 3.63) is 64.0 Å². The summed E-state index contributed by atoms with van der Waals surface area (Å²) in [4.78, 5) is 13.8. The third-order valence-corrected chi connectivity index (χ3v) is 3.67. The van der Waals surface area contributed by atoms with E-state index in [2.05, 4.69) is 4.98 Å². The molecule has 0 saturated carbocycles. The molecule has 0 amide bonds. The molecule has 140 valence electrons. The molecule has 3 rings (SSSR count). The first kappa shape index (κ1) is 18.0. The van der Waals surface area contributed by atoms with Crippen molar-refractivity contribution in [2.24, 2.45) is 0 Å². The van der Waals surface area contributed by atoms with Crippen LogP contribution in [0.4, 0.5) is 18.9 Å². The Balaban J connectivity index is 2.26. The van der Waals surface area contributed by atoms with E-state index in [-0.39, 0.29) is 16.0 Å². The maximum atomic E-state index is 13.3. The van der Waals surface area contributed by atoms with Crippen LogP contribution in [-0.4, -0.2) is 24.7 Å². The Labute approximate surface area is 147 Å². The molecule has 1 aromatic carbocycles. The highest BCUT2D eigenvalue weighted by Crippen LogP contribution is 2.40. The van der Waals surface area contributed by atoms with E-state index in [0.29, 0.717) is 6.20 Å². The molecule has 27 heavy (non-hydrogen) atoms. The number of phenolic OH excluding ortho intramolecular Hbond substituents is 2. The second kappa shape index (κ2) is 6.16. The first-order valence-corrected chi connectivity index (χ1v) is 7.14. The smallest absolute Gasteiger partial charge is 0.481 e. The minimum absolute atomic E-state index is 0.0786. The summed E-state index contributed by atoms with van der Waals surface area (Å²) in [6.45, 7) is 0. The fraction of sp³-hybridized carbons (Fsp3) is 0.0667. The number of alkyl halides is 3. The highest BCUT2D eigenvalue weighted by atomic mass is 19.4. The fourth-order valence-corrected chi connectivity index (χ4v) is 2.54. The van der Waals surface area contributed by atoms with Crippen LogP contribution in [0.2, 0.25) is 0 Å². The summed E-state index contributed by atoms with van der Waals surface area (Å²) < 4.78 is 40.5. The predicted octanol–water partition coefficient (Wildman–Crippen LogP) is 2.51. The topological polar surface area (TPSA) is 128 Å². The first-order chi connectivity index (χ1) is 12.6. The molecule has 0 bridgehead atoms. The van der Waals surface area contributed by atoms with Gasteiger partial charge in [-0.15, -0.1) is 0 Å². The summed E-state index contributed by atoms with van der Waals surface area (Å²) >= 11 is 0. The molecule has 0 aliphatic heterocycles. The molecular weight excluding hydrogens is 373 g/mol. The molecule has 0 fully saturated rings. The van der Waals surface area contributed by atoms with Crippen molar-refractivity contribution in [3.63, 3.8) is 0 Å². The molecule has 2 N–H and O–H groups in total. The molecule has 0 atom stereocenters. The van der Waals surface area contributed by atoms with Gasteiger partial charge in [-0.05, 0) is 12.1 Å². The number of benzene rings is 1. The maximum absolute atomic E-state index is 13.3. The number of hydrogen-bond acceptors (Lipinski definition) is 6. The number of aromatic hydroxyl groups is 2. The SMILES string of the molecule is O=[N+]([O-])c1cc(-c2cncn2-c2ccc[n+]([O-])c2C(F)(F)F)cc(O)c1O. The van der Waals surface area contributed by atoms with Gasteiger partial charge in [-0.25, -0.2) is 4.98 Å². The number of imidazole rings is 1. The predicted molar refractivity (Wildman–Crippen MR) is 82.9 cm³/mol. The average Bonchev–Trinajstić information content (AvgIpc) is 3.05. The van der Waals surface area contributed by atoms with Crippen molar-refractivity contribution in [3.8, 4) is 28.4 Å². The standard InChI is InChI=1S/C15H9F3N4O5/c16-15(17,18)14-9(2-1-3-21(14)25)20-7-19-6-11(20)8-4-10(22(26)27)13(24)12(23)5-8/h1-7,23-24H. The molecule has 0 saturated heterocycles. The molecule has 0 radical (unpaired) electrons. The highest BCUT2D eigenvalue weighted by Gasteiger charge is 2.43. The summed E-state index contributed by atoms with van der Waals surface area (Å²) in [6, 6.07) is 3.91. The van der Waals surface area contributed by atoms with E-state index in [1.54, 1.807) is 0 Å². The number of pyridine rings is 1. The number of nitro benzene ring substituents is 1. The van der Waals surface area contributed by atoms with Crippen LogP contribution in [0.5, 0.6) is 11.5 Å². The van der Waals surface area contributed by atoms with Gasteiger partial charge < -0.3 is 15.4 Å². The monoisotopic (exact) mass is 382 g/mol. The third kappa shape index (κ3) is 3.07. The van der Waals surface area contributed by atoms with Gasteiger partial charge in [0.1, 0.15) is 5.69 Å². The van der Waals surface area contributed by atoms with Crippen LogP contribution >= 0.6 is 0 Å². The van der Waals surface area contributed by atoms with Gasteiger partial charge in [-0.3, -0.25) is 14.7 Å². The Morgan fingerprint density at radius 3 is 2.59 bits per heavy atom. The quantitative estimate of drug-likeness (QED) is 0.235. The lowest BCUT2D eigenvalue weighted by Crippen LogP contribution is -2.37. The number of nitro groups is 1. The van der Waals surface area contributed by atoms with Crippen LogP contribution in [0.3, 0.4) is 0 Å². The minimum Gasteiger partial charge on any atom is -0.618 e. The van der Waals surface area contributed by atoms with Gasteiger partial charge in [0.2, 0.25) is 5.75 Å². The van der Waals surface area contributed by atoms with Crippen LogP contribution < -0.4 is 4.73 Å². The number of aromatic nitrogens is 3. The van der Waals surface area contributed by atoms with Gasteiger partial charge in [-0.1, -0.05) is 0 Å². The summed E-state index contributed by atoms with van der Waals surface area (Å²) in [7, 11) is 0. The summed E-state index contributed by atoms with van der Waals surface area (Å²) in [6.07, 6.45) is -2.23. The van der Waals surface area contributed by atoms with Crippen molar-refractivity contribution in [1.82, 2.24) is 9.55 Å². The number of phenols is 2. The maximum Gasteiger partial charge on any atom is 0.481 e. The van der Waals surface area contributed by atoms with Gasteiger partial charge in [0.15, 0.2) is 11.9 Å². The molecule has 9 nitrogen and oxygen atoms in total. The number of rotatable bonds is 3. The van der Waals surface area contributed by atoms with Gasteiger partial charge in [0, 0.05) is 17.7 Å². The highest BCUT2D eigenvalue weighted by molar-refractivity contribution is 5.71. The van der Waals surface area contributed by atoms with Crippen LogP contribution in [0.25, 0.3) is 16.9 Å². The second-order valence-electron chi connectivity index (χ2n) is 5.33. The van der Waals surface area contributed by atoms with E-state index in [4.69, 9.17) is 0 Å². The van der Waals surface area contributed by atoms with E-state index in [1.807, 2.05) is 0 Å². The first-order valence-electron chi connectivity index (χ1n) is 7.14. The molecule has 2 aromatic heterocycles. The lowest BCUT2D eigenvalue weighted by Gasteiger charge is -2.14. The Morgan fingerprint density at radius 1 is 1.26 bits per heavy atom. The van der Waals surface area contributed by atoms with Gasteiger partial charge in [0.05, 0.1) is 23.1 Å². The van der Waals surface area contributed by atoms with Crippen molar-refractivity contribution < 1.29 is 33.0 Å². The molecular formula is C15H9F3N4O5. The summed E-state index contributed by atoms with van der Waals surface area (Å²) in [5.74, 6) is -1.82. The zero-order valence-electron chi connectivity index (χ0n) is 13.1. The van der Waals surface area contributed by atoms with E-state index < -0.39 is 39.7 Å². The molecule has 2 heterocycles. The molecule has 0 unspecified atom stereocenters. The Bertz CT molecular complexity index is 1050. The molecule has 12 heteroatoms. The zero-order chi connectivity index (χ0) is 19.9. The van der Waals surface area contributed by atoms with Crippen molar-refractivity contribution in [2.45, 2.75) is 6.18 Å². The normalized spacial score (nSPS) is 11.5. The number of hydrogen-bond donors (Lipinski definition) is 2. The van der Waals surface area contributed by atoms with Crippen LogP contribution in [0, 0.1) is 15.3 Å². The van der Waals surface area contributed by atoms with Crippen LogP contribution in [0.1, 0.15) is 5.69 Å². The molecule has 0 aliphatic carbocycles. The van der Waals surface area contributed by atoms with Gasteiger partial charge in [-0.2, -0.15) is 17.9 Å². The summed E-state index contributed by atoms with van der Waals surface area (Å²) in [5, 5.41) is 41.9. The largest absolute Gasteiger partial charge is 0.618 e. The van der Waals surface area contributed by atoms with Crippen molar-refractivity contribution in [2.75, 3.05) is 0 Å². The van der Waals surface area contributed by atoms with Crippen molar-refractivity contribution >= 4 is 5.69 Å². The summed E-state index contributed by atoms with van der Waals surface area (Å²) in [5.41, 5.74) is -3.10. The van der Waals surface area contributed by atoms with Gasteiger partial charge >= 0.3 is 17.6 Å². The minimum atomic E-state index is -4.98. The average molecular weight is 382 g/mol. The number of nitrogens with zero attached hydrogens (tertiary/aromatic N) is 4. The van der Waals surface area contributed by atoms with Crippen LogP contribution in [-0.2, 0) is 6.18 Å². The molecule has 0 spiro atoms. The Kier molecular flexibility index (Phi) is 4.10. The zero-order valence-corrected chi connectivity index (χ0v) is 13.1. The number of halogens is 3. The van der Waals surface area contributed by atoms with E-state index >= 15 is 0 Å². The van der Waals surface area contributed by atoms with E-state index in [9.17, 15) is 38.7 Å². The third-order valence-electron chi connectivity index (χ3n) is 3.67. The lowest BCUT2D eigenvalue weighted by molar-refractivity contribution is -0.628. The van der Waals surface area contributed by atoms with Crippen molar-refractivity contribution in [1.29, 1.82) is 0 Å². The Morgan fingerprint density at radius 2 is 1.96 bits per heavy atom. The van der Waals surface area contributed by atoms with Crippen LogP contribution in [0.15, 0.2) is 43.0 Å². The molecule has 0 aliphatic rings. The molecule has 3 aromatic rings.